The van der Waals surface area contributed by atoms with Crippen molar-refractivity contribution in [2.75, 3.05) is 0 Å². The molecule has 5 heteroatoms. The lowest BCUT2D eigenvalue weighted by molar-refractivity contribution is -0.139. The Morgan fingerprint density at radius 3 is 2.38 bits per heavy atom. The van der Waals surface area contributed by atoms with E-state index in [0.717, 1.165) is 5.57 Å². The van der Waals surface area contributed by atoms with Crippen LogP contribution in [0.5, 0.6) is 0 Å². The first-order valence-electron chi connectivity index (χ1n) is 6.76. The van der Waals surface area contributed by atoms with Gasteiger partial charge >= 0.3 is 12.1 Å². The molecule has 1 amide bonds. The SMILES string of the molecule is C=C(/C=C(C)\C=C/C)C[C@H](NC(=O)OC(C)(C)C)C(=O)O. The van der Waals surface area contributed by atoms with Gasteiger partial charge in [-0.1, -0.05) is 36.0 Å². The van der Waals surface area contributed by atoms with Crippen molar-refractivity contribution in [1.82, 2.24) is 5.32 Å². The molecule has 0 saturated carbocycles. The Labute approximate surface area is 126 Å². The minimum Gasteiger partial charge on any atom is -0.480 e. The summed E-state index contributed by atoms with van der Waals surface area (Å²) in [5.41, 5.74) is 0.907. The van der Waals surface area contributed by atoms with Crippen LogP contribution in [0.25, 0.3) is 0 Å². The second-order valence-electron chi connectivity index (χ2n) is 5.79. The molecule has 0 aliphatic carbocycles. The van der Waals surface area contributed by atoms with Gasteiger partial charge in [-0.05, 0) is 34.6 Å². The summed E-state index contributed by atoms with van der Waals surface area (Å²) >= 11 is 0. The number of hydrogen-bond acceptors (Lipinski definition) is 3. The van der Waals surface area contributed by atoms with Gasteiger partial charge in [0.2, 0.25) is 0 Å². The van der Waals surface area contributed by atoms with Gasteiger partial charge in [-0.3, -0.25) is 0 Å². The number of hydrogen-bond donors (Lipinski definition) is 2. The van der Waals surface area contributed by atoms with Gasteiger partial charge < -0.3 is 15.2 Å². The predicted molar refractivity (Wildman–Crippen MR) is 83.1 cm³/mol. The fraction of sp³-hybridized carbons (Fsp3) is 0.500. The van der Waals surface area contributed by atoms with E-state index in [4.69, 9.17) is 9.84 Å². The van der Waals surface area contributed by atoms with Crippen LogP contribution in [-0.2, 0) is 9.53 Å². The Hall–Kier alpha value is -2.04. The van der Waals surface area contributed by atoms with Crippen LogP contribution in [-0.4, -0.2) is 28.8 Å². The fourth-order valence-corrected chi connectivity index (χ4v) is 1.60. The van der Waals surface area contributed by atoms with E-state index >= 15 is 0 Å². The molecule has 5 nitrogen and oxygen atoms in total. The summed E-state index contributed by atoms with van der Waals surface area (Å²) in [6.45, 7) is 12.7. The minimum atomic E-state index is -1.13. The van der Waals surface area contributed by atoms with E-state index in [1.165, 1.54) is 0 Å². The molecule has 1 atom stereocenters. The molecule has 0 unspecified atom stereocenters. The second-order valence-corrected chi connectivity index (χ2v) is 5.79. The number of rotatable bonds is 6. The lowest BCUT2D eigenvalue weighted by Gasteiger charge is -2.22. The van der Waals surface area contributed by atoms with Crippen molar-refractivity contribution in [3.05, 3.63) is 36.0 Å². The average Bonchev–Trinajstić information content (AvgIpc) is 2.25. The lowest BCUT2D eigenvalue weighted by atomic mass is 10.1. The van der Waals surface area contributed by atoms with Crippen molar-refractivity contribution in [2.45, 2.75) is 52.7 Å². The first-order valence-corrected chi connectivity index (χ1v) is 6.76. The molecule has 0 aromatic heterocycles. The number of carboxylic acid groups (broad SMARTS) is 1. The zero-order chi connectivity index (χ0) is 16.6. The summed E-state index contributed by atoms with van der Waals surface area (Å²) in [5, 5.41) is 11.5. The summed E-state index contributed by atoms with van der Waals surface area (Å²) in [5.74, 6) is -1.13. The molecule has 0 aliphatic rings. The third-order valence-electron chi connectivity index (χ3n) is 2.32. The van der Waals surface area contributed by atoms with E-state index in [1.54, 1.807) is 26.8 Å². The first kappa shape index (κ1) is 19.0. The molecule has 0 heterocycles. The summed E-state index contributed by atoms with van der Waals surface area (Å²) in [7, 11) is 0. The molecule has 0 rings (SSSR count). The lowest BCUT2D eigenvalue weighted by Crippen LogP contribution is -2.43. The Bertz CT molecular complexity index is 455. The molecule has 0 spiro atoms. The monoisotopic (exact) mass is 295 g/mol. The molecule has 0 bridgehead atoms. The smallest absolute Gasteiger partial charge is 0.408 e. The number of ether oxygens (including phenoxy) is 1. The van der Waals surface area contributed by atoms with Gasteiger partial charge in [0.15, 0.2) is 0 Å². The molecule has 0 saturated heterocycles. The van der Waals surface area contributed by atoms with Gasteiger partial charge in [0.1, 0.15) is 11.6 Å². The second kappa shape index (κ2) is 8.29. The van der Waals surface area contributed by atoms with E-state index in [-0.39, 0.29) is 6.42 Å². The van der Waals surface area contributed by atoms with Crippen LogP contribution in [0.15, 0.2) is 36.0 Å². The van der Waals surface area contributed by atoms with Crippen LogP contribution in [0.3, 0.4) is 0 Å². The highest BCUT2D eigenvalue weighted by Gasteiger charge is 2.24. The molecule has 0 fully saturated rings. The topological polar surface area (TPSA) is 75.6 Å². The number of alkyl carbamates (subject to hydrolysis) is 1. The summed E-state index contributed by atoms with van der Waals surface area (Å²) < 4.78 is 5.05. The Morgan fingerprint density at radius 1 is 1.38 bits per heavy atom. The molecule has 0 aliphatic heterocycles. The van der Waals surface area contributed by atoms with Crippen LogP contribution in [0, 0.1) is 0 Å². The predicted octanol–water partition coefficient (Wildman–Crippen LogP) is 3.43. The van der Waals surface area contributed by atoms with Crippen molar-refractivity contribution in [1.29, 1.82) is 0 Å². The standard InChI is InChI=1S/C16H25NO4/c1-7-8-11(2)9-12(3)10-13(14(18)19)17-15(20)21-16(4,5)6/h7-9,13H,3,10H2,1-2,4-6H3,(H,17,20)(H,18,19)/b8-7-,11-9-/t13-/m0/s1. The molecule has 0 aromatic rings. The number of amides is 1. The van der Waals surface area contributed by atoms with Gasteiger partial charge in [-0.2, -0.15) is 0 Å². The largest absolute Gasteiger partial charge is 0.480 e. The highest BCUT2D eigenvalue weighted by molar-refractivity contribution is 5.80. The van der Waals surface area contributed by atoms with Crippen molar-refractivity contribution in [3.63, 3.8) is 0 Å². The number of aliphatic carboxylic acids is 1. The molecule has 21 heavy (non-hydrogen) atoms. The van der Waals surface area contributed by atoms with E-state index in [9.17, 15) is 9.59 Å². The molecule has 2 N–H and O–H groups in total. The van der Waals surface area contributed by atoms with Crippen molar-refractivity contribution >= 4 is 12.1 Å². The van der Waals surface area contributed by atoms with Crippen LogP contribution < -0.4 is 5.32 Å². The zero-order valence-corrected chi connectivity index (χ0v) is 13.4. The van der Waals surface area contributed by atoms with Gasteiger partial charge in [-0.15, -0.1) is 0 Å². The van der Waals surface area contributed by atoms with Crippen LogP contribution in [0.1, 0.15) is 41.0 Å². The van der Waals surface area contributed by atoms with E-state index in [1.807, 2.05) is 26.0 Å². The maximum Gasteiger partial charge on any atom is 0.408 e. The third-order valence-corrected chi connectivity index (χ3v) is 2.32. The highest BCUT2D eigenvalue weighted by Crippen LogP contribution is 2.11. The maximum absolute atomic E-state index is 11.6. The first-order chi connectivity index (χ1) is 9.55. The normalized spacial score (nSPS) is 13.9. The number of allylic oxidation sites excluding steroid dienone is 4. The third kappa shape index (κ3) is 9.49. The van der Waals surface area contributed by atoms with Crippen LogP contribution in [0.4, 0.5) is 4.79 Å². The van der Waals surface area contributed by atoms with Gasteiger partial charge in [0.05, 0.1) is 0 Å². The fourth-order valence-electron chi connectivity index (χ4n) is 1.60. The number of carbonyl (C=O) groups is 2. The van der Waals surface area contributed by atoms with E-state index in [0.29, 0.717) is 5.57 Å². The molecule has 118 valence electrons. The molecular weight excluding hydrogens is 270 g/mol. The Kier molecular flexibility index (Phi) is 7.49. The summed E-state index contributed by atoms with van der Waals surface area (Å²) in [6.07, 6.45) is 4.92. The van der Waals surface area contributed by atoms with Crippen molar-refractivity contribution in [3.8, 4) is 0 Å². The van der Waals surface area contributed by atoms with Gasteiger partial charge in [0.25, 0.3) is 0 Å². The molecule has 0 aromatic carbocycles. The number of nitrogens with one attached hydrogen (secondary N) is 1. The van der Waals surface area contributed by atoms with E-state index < -0.39 is 23.7 Å². The van der Waals surface area contributed by atoms with Crippen LogP contribution in [0.2, 0.25) is 0 Å². The highest BCUT2D eigenvalue weighted by atomic mass is 16.6. The number of carboxylic acids is 1. The quantitative estimate of drug-likeness (QED) is 0.736. The summed E-state index contributed by atoms with van der Waals surface area (Å²) in [6, 6.07) is -1.07. The van der Waals surface area contributed by atoms with Crippen molar-refractivity contribution in [2.24, 2.45) is 0 Å². The maximum atomic E-state index is 11.6. The molecule has 0 radical (unpaired) electrons. The van der Waals surface area contributed by atoms with Crippen LogP contribution >= 0.6 is 0 Å². The minimum absolute atomic E-state index is 0.115. The zero-order valence-electron chi connectivity index (χ0n) is 13.4. The average molecular weight is 295 g/mol. The molecular formula is C16H25NO4. The Morgan fingerprint density at radius 2 is 1.95 bits per heavy atom. The van der Waals surface area contributed by atoms with Crippen molar-refractivity contribution < 1.29 is 19.4 Å². The summed E-state index contributed by atoms with van der Waals surface area (Å²) in [4.78, 5) is 22.8. The van der Waals surface area contributed by atoms with Gasteiger partial charge in [0, 0.05) is 6.42 Å². The van der Waals surface area contributed by atoms with Gasteiger partial charge in [-0.25, -0.2) is 9.59 Å². The van der Waals surface area contributed by atoms with E-state index in [2.05, 4.69) is 11.9 Å². The Balaban J connectivity index is 4.72. The number of carbonyl (C=O) groups excluding carboxylic acids is 1.